The summed E-state index contributed by atoms with van der Waals surface area (Å²) < 4.78 is 0. The highest BCUT2D eigenvalue weighted by atomic mass is 16.2. The summed E-state index contributed by atoms with van der Waals surface area (Å²) in [5, 5.41) is 5.30. The zero-order valence-electron chi connectivity index (χ0n) is 11.6. The molecule has 0 aromatic carbocycles. The topological polar surface area (TPSA) is 105 Å². The van der Waals surface area contributed by atoms with Gasteiger partial charge in [-0.1, -0.05) is 0 Å². The Morgan fingerprint density at radius 3 is 2.25 bits per heavy atom. The average molecular weight is 282 g/mol. The predicted molar refractivity (Wildman–Crippen MR) is 72.5 cm³/mol. The van der Waals surface area contributed by atoms with Crippen molar-refractivity contribution in [3.8, 4) is 0 Å². The summed E-state index contributed by atoms with van der Waals surface area (Å²) in [6.45, 7) is 1.25. The molecule has 112 valence electrons. The van der Waals surface area contributed by atoms with Gasteiger partial charge in [0, 0.05) is 25.0 Å². The molecule has 0 aromatic heterocycles. The number of hydrogen-bond donors (Lipinski definition) is 3. The molecule has 20 heavy (non-hydrogen) atoms. The van der Waals surface area contributed by atoms with E-state index >= 15 is 0 Å². The smallest absolute Gasteiger partial charge is 0.239 e. The summed E-state index contributed by atoms with van der Waals surface area (Å²) in [4.78, 5) is 36.3. The Hall–Kier alpha value is -1.63. The van der Waals surface area contributed by atoms with Gasteiger partial charge >= 0.3 is 0 Å². The van der Waals surface area contributed by atoms with Crippen molar-refractivity contribution >= 4 is 17.7 Å². The molecule has 7 heteroatoms. The van der Waals surface area contributed by atoms with Gasteiger partial charge in [-0.05, 0) is 25.7 Å². The molecular weight excluding hydrogens is 260 g/mol. The van der Waals surface area contributed by atoms with Gasteiger partial charge in [0.05, 0.1) is 13.1 Å². The summed E-state index contributed by atoms with van der Waals surface area (Å²) >= 11 is 0. The molecule has 4 N–H and O–H groups in total. The number of nitrogens with two attached hydrogens (primary N) is 1. The lowest BCUT2D eigenvalue weighted by atomic mass is 10.0. The first-order valence-electron chi connectivity index (χ1n) is 7.15. The van der Waals surface area contributed by atoms with Crippen molar-refractivity contribution in [1.29, 1.82) is 0 Å². The molecule has 0 aromatic rings. The summed E-state index contributed by atoms with van der Waals surface area (Å²) in [5.74, 6) is -0.0265. The molecule has 2 fully saturated rings. The Labute approximate surface area is 118 Å². The predicted octanol–water partition coefficient (Wildman–Crippen LogP) is -1.42. The van der Waals surface area contributed by atoms with Crippen LogP contribution in [0.1, 0.15) is 25.7 Å². The number of nitrogens with zero attached hydrogens (tertiary/aromatic N) is 1. The molecule has 0 unspecified atom stereocenters. The van der Waals surface area contributed by atoms with Gasteiger partial charge in [-0.15, -0.1) is 0 Å². The third-order valence-electron chi connectivity index (χ3n) is 3.73. The van der Waals surface area contributed by atoms with Crippen LogP contribution in [0.5, 0.6) is 0 Å². The second-order valence-corrected chi connectivity index (χ2v) is 5.42. The van der Waals surface area contributed by atoms with Crippen molar-refractivity contribution in [1.82, 2.24) is 15.5 Å². The molecular formula is C13H22N4O3. The number of carbonyl (C=O) groups is 3. The monoisotopic (exact) mass is 282 g/mol. The van der Waals surface area contributed by atoms with Crippen LogP contribution in [0.2, 0.25) is 0 Å². The zero-order chi connectivity index (χ0) is 14.5. The maximum atomic E-state index is 11.9. The maximum absolute atomic E-state index is 11.9. The van der Waals surface area contributed by atoms with Gasteiger partial charge in [-0.2, -0.15) is 0 Å². The van der Waals surface area contributed by atoms with Crippen molar-refractivity contribution in [3.05, 3.63) is 0 Å². The molecule has 2 rings (SSSR count). The number of rotatable bonds is 5. The van der Waals surface area contributed by atoms with E-state index in [1.165, 1.54) is 0 Å². The van der Waals surface area contributed by atoms with Crippen LogP contribution in [-0.2, 0) is 14.4 Å². The highest BCUT2D eigenvalue weighted by Gasteiger charge is 2.35. The van der Waals surface area contributed by atoms with Crippen LogP contribution in [0, 0.1) is 5.92 Å². The molecule has 1 saturated heterocycles. The molecule has 1 heterocycles. The van der Waals surface area contributed by atoms with Gasteiger partial charge in [0.15, 0.2) is 0 Å². The first-order valence-corrected chi connectivity index (χ1v) is 7.15. The lowest BCUT2D eigenvalue weighted by molar-refractivity contribution is -0.133. The van der Waals surface area contributed by atoms with E-state index in [0.29, 0.717) is 13.1 Å². The number of carbonyl (C=O) groups excluding carboxylic acids is 3. The van der Waals surface area contributed by atoms with Crippen LogP contribution in [-0.4, -0.2) is 54.8 Å². The normalized spacial score (nSPS) is 19.6. The van der Waals surface area contributed by atoms with Gasteiger partial charge < -0.3 is 21.3 Å². The maximum Gasteiger partial charge on any atom is 0.239 e. The second kappa shape index (κ2) is 6.69. The van der Waals surface area contributed by atoms with Gasteiger partial charge in [0.1, 0.15) is 0 Å². The number of hydrogen-bond acceptors (Lipinski definition) is 4. The van der Waals surface area contributed by atoms with Crippen LogP contribution < -0.4 is 16.4 Å². The molecule has 1 aliphatic heterocycles. The molecule has 2 aliphatic rings. The Morgan fingerprint density at radius 2 is 1.70 bits per heavy atom. The van der Waals surface area contributed by atoms with E-state index in [1.54, 1.807) is 0 Å². The minimum atomic E-state index is -0.343. The van der Waals surface area contributed by atoms with Crippen LogP contribution in [0.3, 0.4) is 0 Å². The zero-order valence-corrected chi connectivity index (χ0v) is 11.6. The van der Waals surface area contributed by atoms with Gasteiger partial charge in [-0.25, -0.2) is 0 Å². The summed E-state index contributed by atoms with van der Waals surface area (Å²) in [5.41, 5.74) is 5.13. The molecule has 1 saturated carbocycles. The van der Waals surface area contributed by atoms with E-state index in [-0.39, 0.29) is 42.8 Å². The summed E-state index contributed by atoms with van der Waals surface area (Å²) in [7, 11) is 0. The van der Waals surface area contributed by atoms with Crippen LogP contribution in [0.25, 0.3) is 0 Å². The molecule has 1 aliphatic carbocycles. The van der Waals surface area contributed by atoms with Crippen LogP contribution in [0.15, 0.2) is 0 Å². The second-order valence-electron chi connectivity index (χ2n) is 5.42. The van der Waals surface area contributed by atoms with Crippen molar-refractivity contribution in [2.45, 2.75) is 31.7 Å². The average Bonchev–Trinajstić information content (AvgIpc) is 3.29. The van der Waals surface area contributed by atoms with E-state index in [0.717, 1.165) is 25.7 Å². The van der Waals surface area contributed by atoms with E-state index < -0.39 is 0 Å². The van der Waals surface area contributed by atoms with E-state index in [1.807, 2.05) is 4.90 Å². The lowest BCUT2D eigenvalue weighted by Gasteiger charge is -2.32. The third-order valence-corrected chi connectivity index (χ3v) is 3.73. The number of amides is 3. The Bertz CT molecular complexity index is 387. The Kier molecular flexibility index (Phi) is 4.94. The van der Waals surface area contributed by atoms with Crippen molar-refractivity contribution in [3.63, 3.8) is 0 Å². The van der Waals surface area contributed by atoms with Gasteiger partial charge in [0.25, 0.3) is 0 Å². The fourth-order valence-corrected chi connectivity index (χ4v) is 2.36. The fraction of sp³-hybridized carbons (Fsp3) is 0.769. The third kappa shape index (κ3) is 4.19. The lowest BCUT2D eigenvalue weighted by Crippen LogP contribution is -2.49. The number of likely N-dealkylation sites (tertiary alicyclic amines) is 1. The first kappa shape index (κ1) is 14.8. The van der Waals surface area contributed by atoms with E-state index in [9.17, 15) is 14.4 Å². The summed E-state index contributed by atoms with van der Waals surface area (Å²) in [6, 6.07) is 0.0838. The van der Waals surface area contributed by atoms with Crippen molar-refractivity contribution in [2.24, 2.45) is 11.7 Å². The highest BCUT2D eigenvalue weighted by molar-refractivity contribution is 5.85. The molecule has 7 nitrogen and oxygen atoms in total. The molecule has 0 spiro atoms. The van der Waals surface area contributed by atoms with Crippen molar-refractivity contribution < 1.29 is 14.4 Å². The van der Waals surface area contributed by atoms with Crippen LogP contribution in [0.4, 0.5) is 0 Å². The van der Waals surface area contributed by atoms with E-state index in [2.05, 4.69) is 10.6 Å². The Balaban J connectivity index is 1.64. The molecule has 0 bridgehead atoms. The van der Waals surface area contributed by atoms with Gasteiger partial charge in [0.2, 0.25) is 17.7 Å². The first-order chi connectivity index (χ1) is 9.60. The highest BCUT2D eigenvalue weighted by Crippen LogP contribution is 2.31. The molecule has 0 radical (unpaired) electrons. The SMILES string of the molecule is NCC(=O)NCC(=O)NC1CCN(C(=O)C2CC2)CC1. The van der Waals surface area contributed by atoms with Crippen LogP contribution >= 0.6 is 0 Å². The minimum absolute atomic E-state index is 0.0444. The summed E-state index contributed by atoms with van der Waals surface area (Å²) in [6.07, 6.45) is 3.59. The van der Waals surface area contributed by atoms with Crippen molar-refractivity contribution in [2.75, 3.05) is 26.2 Å². The fourth-order valence-electron chi connectivity index (χ4n) is 2.36. The number of nitrogens with one attached hydrogen (secondary N) is 2. The quantitative estimate of drug-likeness (QED) is 0.575. The largest absolute Gasteiger partial charge is 0.352 e. The molecule has 0 atom stereocenters. The van der Waals surface area contributed by atoms with Gasteiger partial charge in [-0.3, -0.25) is 14.4 Å². The standard InChI is InChI=1S/C13H22N4O3/c14-7-11(18)15-8-12(19)16-10-3-5-17(6-4-10)13(20)9-1-2-9/h9-10H,1-8,14H2,(H,15,18)(H,16,19). The molecule has 3 amide bonds. The van der Waals surface area contributed by atoms with E-state index in [4.69, 9.17) is 5.73 Å². The minimum Gasteiger partial charge on any atom is -0.352 e. The Morgan fingerprint density at radius 1 is 1.05 bits per heavy atom. The number of piperidine rings is 1.